The number of hydrogen-bond acceptors (Lipinski definition) is 9. The van der Waals surface area contributed by atoms with Crippen molar-refractivity contribution in [2.75, 3.05) is 18.0 Å². The summed E-state index contributed by atoms with van der Waals surface area (Å²) in [5, 5.41) is 9.17. The Morgan fingerprint density at radius 3 is 2.58 bits per heavy atom. The molecule has 0 aromatic carbocycles. The zero-order chi connectivity index (χ0) is 27.6. The fraction of sp³-hybridized carbons (Fsp3) is 0.286. The number of aliphatic imine (C=N–C) groups is 1. The number of alkyl halides is 3. The third kappa shape index (κ3) is 5.96. The molecule has 1 aliphatic heterocycles. The number of nitrogens with one attached hydrogen (secondary N) is 1. The minimum Gasteiger partial charge on any atom is -0.475 e. The van der Waals surface area contributed by atoms with Gasteiger partial charge < -0.3 is 26.5 Å². The molecule has 0 saturated carbocycles. The monoisotopic (exact) mass is 568 g/mol. The summed E-state index contributed by atoms with van der Waals surface area (Å²) in [5.41, 5.74) is 14.0. The standard InChI is InChI=1S/C19H19ClN10S.C2HF3O2/c1-2-11-14(20)13-16(27-11)28-19(29-17(13)30-7-9(8-30)26-18(21)22)31-10-5-12-15(25-6-10)24-4-3-23-12;3-2(4,5)1(6)7/h3-6,9H,2,7-8H2,1H3,(H4,21,22,26)(H,27,28,29);(H,6,7). The predicted molar refractivity (Wildman–Crippen MR) is 135 cm³/mol. The van der Waals surface area contributed by atoms with Gasteiger partial charge >= 0.3 is 12.1 Å². The second-order valence-corrected chi connectivity index (χ2v) is 9.33. The predicted octanol–water partition coefficient (Wildman–Crippen LogP) is 2.76. The number of guanidine groups is 1. The summed E-state index contributed by atoms with van der Waals surface area (Å²) in [6.45, 7) is 3.36. The Kier molecular flexibility index (Phi) is 7.73. The largest absolute Gasteiger partial charge is 0.490 e. The number of fused-ring (bicyclic) bond motifs is 2. The lowest BCUT2D eigenvalue weighted by molar-refractivity contribution is -0.192. The van der Waals surface area contributed by atoms with Crippen molar-refractivity contribution in [3.05, 3.63) is 35.4 Å². The number of carboxylic acids is 1. The molecule has 12 nitrogen and oxygen atoms in total. The van der Waals surface area contributed by atoms with Crippen LogP contribution in [0.2, 0.25) is 5.02 Å². The number of rotatable bonds is 5. The molecule has 200 valence electrons. The second-order valence-electron chi connectivity index (χ2n) is 7.91. The highest BCUT2D eigenvalue weighted by Crippen LogP contribution is 2.38. The zero-order valence-electron chi connectivity index (χ0n) is 19.6. The number of aryl methyl sites for hydroxylation is 1. The van der Waals surface area contributed by atoms with Crippen molar-refractivity contribution < 1.29 is 23.1 Å². The summed E-state index contributed by atoms with van der Waals surface area (Å²) < 4.78 is 31.7. The van der Waals surface area contributed by atoms with Crippen LogP contribution in [0.1, 0.15) is 12.6 Å². The van der Waals surface area contributed by atoms with Crippen molar-refractivity contribution in [3.63, 3.8) is 0 Å². The van der Waals surface area contributed by atoms with Crippen LogP contribution in [0.3, 0.4) is 0 Å². The number of aromatic amines is 1. The van der Waals surface area contributed by atoms with Crippen molar-refractivity contribution in [2.45, 2.75) is 35.6 Å². The van der Waals surface area contributed by atoms with Gasteiger partial charge in [0.05, 0.1) is 16.5 Å². The molecule has 0 aliphatic carbocycles. The summed E-state index contributed by atoms with van der Waals surface area (Å²) in [6.07, 6.45) is 0.686. The summed E-state index contributed by atoms with van der Waals surface area (Å²) in [6, 6.07) is 1.96. The van der Waals surface area contributed by atoms with Gasteiger partial charge in [-0.3, -0.25) is 4.98 Å². The lowest BCUT2D eigenvalue weighted by atomic mass is 10.1. The molecule has 0 spiro atoms. The van der Waals surface area contributed by atoms with Gasteiger partial charge in [0.25, 0.3) is 0 Å². The summed E-state index contributed by atoms with van der Waals surface area (Å²) in [7, 11) is 0. The molecule has 38 heavy (non-hydrogen) atoms. The van der Waals surface area contributed by atoms with E-state index in [1.165, 1.54) is 11.8 Å². The molecule has 4 aromatic heterocycles. The van der Waals surface area contributed by atoms with E-state index in [2.05, 4.69) is 29.8 Å². The van der Waals surface area contributed by atoms with E-state index >= 15 is 0 Å². The molecule has 0 bridgehead atoms. The number of carbonyl (C=O) groups is 1. The second kappa shape index (κ2) is 10.8. The van der Waals surface area contributed by atoms with Crippen LogP contribution >= 0.6 is 23.4 Å². The van der Waals surface area contributed by atoms with Crippen LogP contribution in [0.5, 0.6) is 0 Å². The Labute approximate surface area is 221 Å². The fourth-order valence-corrected chi connectivity index (χ4v) is 4.62. The third-order valence-corrected chi connectivity index (χ3v) is 6.46. The molecule has 1 aliphatic rings. The molecule has 5 rings (SSSR count). The zero-order valence-corrected chi connectivity index (χ0v) is 21.1. The maximum atomic E-state index is 10.6. The molecule has 0 radical (unpaired) electrons. The van der Waals surface area contributed by atoms with E-state index in [-0.39, 0.29) is 12.0 Å². The van der Waals surface area contributed by atoms with Gasteiger partial charge in [-0.05, 0) is 24.2 Å². The van der Waals surface area contributed by atoms with E-state index in [4.69, 9.17) is 42.9 Å². The maximum Gasteiger partial charge on any atom is 0.490 e. The SMILES string of the molecule is CCc1[nH]c2nc(Sc3cnc4nccnc4c3)nc(N3CC(N=C(N)N)C3)c2c1Cl.O=C(O)C(F)(F)F. The highest BCUT2D eigenvalue weighted by Gasteiger charge is 2.38. The normalized spacial score (nSPS) is 13.7. The topological polar surface area (TPSA) is 185 Å². The van der Waals surface area contributed by atoms with Crippen LogP contribution in [0.15, 0.2) is 39.7 Å². The van der Waals surface area contributed by atoms with Crippen molar-refractivity contribution in [1.82, 2.24) is 29.9 Å². The minimum atomic E-state index is -5.08. The summed E-state index contributed by atoms with van der Waals surface area (Å²) in [4.78, 5) is 41.8. The first-order chi connectivity index (χ1) is 18.0. The van der Waals surface area contributed by atoms with Crippen LogP contribution in [0.4, 0.5) is 19.0 Å². The number of aliphatic carboxylic acids is 1. The van der Waals surface area contributed by atoms with E-state index in [0.717, 1.165) is 28.2 Å². The van der Waals surface area contributed by atoms with Crippen LogP contribution in [-0.2, 0) is 11.2 Å². The first-order valence-corrected chi connectivity index (χ1v) is 12.1. The Balaban J connectivity index is 0.000000426. The third-order valence-electron chi connectivity index (χ3n) is 5.22. The molecule has 5 heterocycles. The van der Waals surface area contributed by atoms with E-state index in [9.17, 15) is 13.2 Å². The molecule has 1 saturated heterocycles. The van der Waals surface area contributed by atoms with Gasteiger partial charge in [-0.2, -0.15) is 13.2 Å². The van der Waals surface area contributed by atoms with Gasteiger partial charge in [0.1, 0.15) is 17.0 Å². The number of H-pyrrole nitrogens is 1. The number of aromatic nitrogens is 6. The molecule has 6 N–H and O–H groups in total. The van der Waals surface area contributed by atoms with Crippen LogP contribution in [-0.4, -0.2) is 72.2 Å². The number of carboxylic acid groups (broad SMARTS) is 1. The molecular formula is C21H20ClF3N10O2S. The number of anilines is 1. The van der Waals surface area contributed by atoms with Gasteiger partial charge in [0, 0.05) is 42.3 Å². The maximum absolute atomic E-state index is 10.6. The Hall–Kier alpha value is -3.92. The van der Waals surface area contributed by atoms with E-state index in [0.29, 0.717) is 40.1 Å². The molecule has 0 unspecified atom stereocenters. The molecule has 4 aromatic rings. The van der Waals surface area contributed by atoms with Gasteiger partial charge in [0.15, 0.2) is 16.8 Å². The number of hydrogen-bond donors (Lipinski definition) is 4. The van der Waals surface area contributed by atoms with Crippen molar-refractivity contribution >= 4 is 63.3 Å². The average molecular weight is 569 g/mol. The average Bonchev–Trinajstić information content (AvgIpc) is 3.15. The quantitative estimate of drug-likeness (QED) is 0.157. The molecule has 1 fully saturated rings. The van der Waals surface area contributed by atoms with Gasteiger partial charge in [-0.25, -0.2) is 29.7 Å². The van der Waals surface area contributed by atoms with Gasteiger partial charge in [-0.15, -0.1) is 0 Å². The van der Waals surface area contributed by atoms with Crippen LogP contribution < -0.4 is 16.4 Å². The number of nitrogens with two attached hydrogens (primary N) is 2. The summed E-state index contributed by atoms with van der Waals surface area (Å²) in [5.74, 6) is -1.90. The fourth-order valence-electron chi connectivity index (χ4n) is 3.51. The van der Waals surface area contributed by atoms with E-state index in [1.807, 2.05) is 13.0 Å². The Morgan fingerprint density at radius 1 is 1.26 bits per heavy atom. The van der Waals surface area contributed by atoms with Crippen molar-refractivity contribution in [2.24, 2.45) is 16.5 Å². The van der Waals surface area contributed by atoms with Gasteiger partial charge in [-0.1, -0.05) is 18.5 Å². The highest BCUT2D eigenvalue weighted by atomic mass is 35.5. The highest BCUT2D eigenvalue weighted by molar-refractivity contribution is 7.99. The first kappa shape index (κ1) is 27.1. The Morgan fingerprint density at radius 2 is 1.95 bits per heavy atom. The smallest absolute Gasteiger partial charge is 0.475 e. The number of nitrogens with zero attached hydrogens (tertiary/aromatic N) is 7. The van der Waals surface area contributed by atoms with Crippen molar-refractivity contribution in [3.8, 4) is 0 Å². The van der Waals surface area contributed by atoms with Gasteiger partial charge in [0.2, 0.25) is 0 Å². The number of pyridine rings is 1. The first-order valence-electron chi connectivity index (χ1n) is 10.9. The lowest BCUT2D eigenvalue weighted by Gasteiger charge is -2.38. The van der Waals surface area contributed by atoms with Crippen molar-refractivity contribution in [1.29, 1.82) is 0 Å². The lowest BCUT2D eigenvalue weighted by Crippen LogP contribution is -2.51. The van der Waals surface area contributed by atoms with Crippen LogP contribution in [0, 0.1) is 0 Å². The number of halogens is 4. The summed E-state index contributed by atoms with van der Waals surface area (Å²) >= 11 is 8.06. The molecule has 17 heteroatoms. The molecule has 0 amide bonds. The van der Waals surface area contributed by atoms with Crippen LogP contribution in [0.25, 0.3) is 22.2 Å². The minimum absolute atomic E-state index is 0.0396. The van der Waals surface area contributed by atoms with E-state index in [1.54, 1.807) is 18.6 Å². The van der Waals surface area contributed by atoms with E-state index < -0.39 is 12.1 Å². The molecular weight excluding hydrogens is 549 g/mol. The molecule has 0 atom stereocenters. The Bertz CT molecular complexity index is 1520.